The number of halogens is 1. The summed E-state index contributed by atoms with van der Waals surface area (Å²) in [6.07, 6.45) is 7.72. The lowest BCUT2D eigenvalue weighted by Gasteiger charge is -1.99. The molecule has 0 atom stereocenters. The van der Waals surface area contributed by atoms with E-state index in [9.17, 15) is 4.79 Å². The van der Waals surface area contributed by atoms with Gasteiger partial charge in [0.15, 0.2) is 0 Å². The van der Waals surface area contributed by atoms with Gasteiger partial charge in [0.05, 0.1) is 0 Å². The summed E-state index contributed by atoms with van der Waals surface area (Å²) in [5.74, 6) is -0.251. The Morgan fingerprint density at radius 3 is 2.52 bits per heavy atom. The Bertz CT molecular complexity index is 553. The van der Waals surface area contributed by atoms with Crippen LogP contribution in [-0.2, 0) is 0 Å². The number of carbonyl (C=O) groups is 1. The van der Waals surface area contributed by atoms with Crippen LogP contribution in [0.1, 0.15) is 44.0 Å². The second-order valence-corrected chi connectivity index (χ2v) is 5.50. The number of hydrogen-bond donors (Lipinski definition) is 1. The number of carbonyl (C=O) groups excluding carboxylic acids is 1. The van der Waals surface area contributed by atoms with Gasteiger partial charge in [-0.1, -0.05) is 28.8 Å². The summed E-state index contributed by atoms with van der Waals surface area (Å²) >= 11 is 5.77. The van der Waals surface area contributed by atoms with Crippen molar-refractivity contribution in [1.82, 2.24) is 5.43 Å². The molecule has 1 rings (SSSR count). The van der Waals surface area contributed by atoms with Gasteiger partial charge in [-0.15, -0.1) is 0 Å². The molecule has 1 N–H and O–H groups in total. The highest BCUT2D eigenvalue weighted by atomic mass is 35.5. The number of amides is 1. The van der Waals surface area contributed by atoms with E-state index in [1.807, 2.05) is 13.0 Å². The van der Waals surface area contributed by atoms with Crippen molar-refractivity contribution in [1.29, 1.82) is 0 Å². The average molecular weight is 305 g/mol. The number of allylic oxidation sites excluding steroid dienone is 4. The topological polar surface area (TPSA) is 41.5 Å². The van der Waals surface area contributed by atoms with E-state index in [0.717, 1.165) is 12.8 Å². The summed E-state index contributed by atoms with van der Waals surface area (Å²) in [7, 11) is 0. The zero-order valence-corrected chi connectivity index (χ0v) is 13.4. The van der Waals surface area contributed by atoms with Gasteiger partial charge < -0.3 is 0 Å². The maximum Gasteiger partial charge on any atom is 0.271 e. The Balaban J connectivity index is 2.41. The summed E-state index contributed by atoms with van der Waals surface area (Å²) in [6.45, 7) is 6.23. The number of hydrazone groups is 1. The molecule has 0 radical (unpaired) electrons. The van der Waals surface area contributed by atoms with Gasteiger partial charge in [-0.25, -0.2) is 5.43 Å². The molecule has 4 heteroatoms. The van der Waals surface area contributed by atoms with Gasteiger partial charge in [0.1, 0.15) is 0 Å². The lowest BCUT2D eigenvalue weighted by molar-refractivity contribution is 0.0955. The van der Waals surface area contributed by atoms with Gasteiger partial charge in [-0.3, -0.25) is 4.79 Å². The van der Waals surface area contributed by atoms with Crippen molar-refractivity contribution >= 4 is 23.7 Å². The van der Waals surface area contributed by atoms with Gasteiger partial charge in [-0.2, -0.15) is 5.10 Å². The zero-order valence-electron chi connectivity index (χ0n) is 12.7. The Labute approximate surface area is 131 Å². The number of rotatable bonds is 6. The Hall–Kier alpha value is -1.87. The van der Waals surface area contributed by atoms with Gasteiger partial charge in [-0.05, 0) is 64.0 Å². The molecule has 0 aromatic heterocycles. The molecule has 0 aliphatic rings. The maximum absolute atomic E-state index is 11.8. The Kier molecular flexibility index (Phi) is 7.48. The third kappa shape index (κ3) is 7.47. The summed E-state index contributed by atoms with van der Waals surface area (Å²) in [5, 5.41) is 4.51. The molecular formula is C17H21ClN2O. The van der Waals surface area contributed by atoms with Crippen LogP contribution in [0.15, 0.2) is 52.7 Å². The van der Waals surface area contributed by atoms with Crippen LogP contribution in [0.25, 0.3) is 0 Å². The first kappa shape index (κ1) is 17.2. The molecule has 0 heterocycles. The van der Waals surface area contributed by atoms with Crippen molar-refractivity contribution in [2.75, 3.05) is 0 Å². The number of nitrogens with one attached hydrogen (secondary N) is 1. The first-order chi connectivity index (χ1) is 9.99. The molecule has 1 aromatic rings. The van der Waals surface area contributed by atoms with Gasteiger partial charge >= 0.3 is 0 Å². The van der Waals surface area contributed by atoms with Crippen LogP contribution in [0.4, 0.5) is 0 Å². The second kappa shape index (κ2) is 9.14. The van der Waals surface area contributed by atoms with E-state index in [1.165, 1.54) is 11.1 Å². The fourth-order valence-electron chi connectivity index (χ4n) is 1.60. The first-order valence-corrected chi connectivity index (χ1v) is 7.25. The van der Waals surface area contributed by atoms with Gasteiger partial charge in [0.2, 0.25) is 0 Å². The molecule has 0 saturated heterocycles. The minimum Gasteiger partial charge on any atom is -0.267 e. The van der Waals surface area contributed by atoms with E-state index in [1.54, 1.807) is 30.5 Å². The van der Waals surface area contributed by atoms with Gasteiger partial charge in [0, 0.05) is 16.8 Å². The molecule has 0 aliphatic carbocycles. The molecule has 0 bridgehead atoms. The van der Waals surface area contributed by atoms with Crippen LogP contribution in [0, 0.1) is 0 Å². The van der Waals surface area contributed by atoms with E-state index in [0.29, 0.717) is 10.6 Å². The molecule has 3 nitrogen and oxygen atoms in total. The molecule has 0 spiro atoms. The normalized spacial score (nSPS) is 11.5. The molecule has 112 valence electrons. The van der Waals surface area contributed by atoms with E-state index in [-0.39, 0.29) is 5.91 Å². The minimum atomic E-state index is -0.251. The smallest absolute Gasteiger partial charge is 0.267 e. The SMILES string of the molecule is CC(C)=CCC/C(C)=C\C=N/NC(=O)c1ccc(Cl)cc1. The van der Waals surface area contributed by atoms with E-state index < -0.39 is 0 Å². The first-order valence-electron chi connectivity index (χ1n) is 6.87. The van der Waals surface area contributed by atoms with Crippen molar-refractivity contribution in [3.05, 3.63) is 58.1 Å². The predicted molar refractivity (Wildman–Crippen MR) is 89.8 cm³/mol. The lowest BCUT2D eigenvalue weighted by Crippen LogP contribution is -2.17. The molecule has 1 aromatic carbocycles. The summed E-state index contributed by atoms with van der Waals surface area (Å²) < 4.78 is 0. The van der Waals surface area contributed by atoms with Crippen molar-refractivity contribution in [2.24, 2.45) is 5.10 Å². The third-order valence-corrected chi connectivity index (χ3v) is 3.05. The van der Waals surface area contributed by atoms with E-state index in [2.05, 4.69) is 30.5 Å². The Morgan fingerprint density at radius 2 is 1.90 bits per heavy atom. The summed E-state index contributed by atoms with van der Waals surface area (Å²) in [5.41, 5.74) is 5.55. The molecule has 0 fully saturated rings. The van der Waals surface area contributed by atoms with Crippen molar-refractivity contribution in [3.63, 3.8) is 0 Å². The summed E-state index contributed by atoms with van der Waals surface area (Å²) in [4.78, 5) is 11.8. The van der Waals surface area contributed by atoms with Crippen molar-refractivity contribution in [3.8, 4) is 0 Å². The highest BCUT2D eigenvalue weighted by molar-refractivity contribution is 6.30. The van der Waals surface area contributed by atoms with Crippen LogP contribution in [0.5, 0.6) is 0 Å². The highest BCUT2D eigenvalue weighted by Gasteiger charge is 2.02. The fraction of sp³-hybridized carbons (Fsp3) is 0.294. The van der Waals surface area contributed by atoms with Crippen molar-refractivity contribution < 1.29 is 4.79 Å². The number of benzene rings is 1. The second-order valence-electron chi connectivity index (χ2n) is 5.06. The minimum absolute atomic E-state index is 0.251. The van der Waals surface area contributed by atoms with Crippen LogP contribution < -0.4 is 5.43 Å². The molecular weight excluding hydrogens is 284 g/mol. The van der Waals surface area contributed by atoms with Crippen LogP contribution >= 0.6 is 11.6 Å². The summed E-state index contributed by atoms with van der Waals surface area (Å²) in [6, 6.07) is 6.67. The van der Waals surface area contributed by atoms with E-state index in [4.69, 9.17) is 11.6 Å². The van der Waals surface area contributed by atoms with Crippen LogP contribution in [0.2, 0.25) is 5.02 Å². The molecule has 0 unspecified atom stereocenters. The third-order valence-electron chi connectivity index (χ3n) is 2.80. The Morgan fingerprint density at radius 1 is 1.24 bits per heavy atom. The largest absolute Gasteiger partial charge is 0.271 e. The standard InChI is InChI=1S/C17H21ClN2O/c1-13(2)5-4-6-14(3)11-12-19-20-17(21)15-7-9-16(18)10-8-15/h5,7-12H,4,6H2,1-3H3,(H,20,21)/b14-11-,19-12-. The molecule has 1 amide bonds. The highest BCUT2D eigenvalue weighted by Crippen LogP contribution is 2.09. The fourth-order valence-corrected chi connectivity index (χ4v) is 1.72. The van der Waals surface area contributed by atoms with Crippen molar-refractivity contribution in [2.45, 2.75) is 33.6 Å². The number of hydrogen-bond acceptors (Lipinski definition) is 2. The van der Waals surface area contributed by atoms with Crippen LogP contribution in [-0.4, -0.2) is 12.1 Å². The molecule has 0 saturated carbocycles. The average Bonchev–Trinajstić information content (AvgIpc) is 2.43. The van der Waals surface area contributed by atoms with Gasteiger partial charge in [0.25, 0.3) is 5.91 Å². The zero-order chi connectivity index (χ0) is 15.7. The molecule has 0 aliphatic heterocycles. The quantitative estimate of drug-likeness (QED) is 0.460. The maximum atomic E-state index is 11.8. The monoisotopic (exact) mass is 304 g/mol. The lowest BCUT2D eigenvalue weighted by atomic mass is 10.1. The molecule has 21 heavy (non-hydrogen) atoms. The van der Waals surface area contributed by atoms with Crippen LogP contribution in [0.3, 0.4) is 0 Å². The van der Waals surface area contributed by atoms with E-state index >= 15 is 0 Å². The predicted octanol–water partition coefficient (Wildman–Crippen LogP) is 4.75. The number of nitrogens with zero attached hydrogens (tertiary/aromatic N) is 1.